The van der Waals surface area contributed by atoms with Gasteiger partial charge in [-0.25, -0.2) is 4.79 Å². The predicted octanol–water partition coefficient (Wildman–Crippen LogP) is -0.0124. The first-order valence-electron chi connectivity index (χ1n) is 4.99. The molecule has 1 amide bonds. The maximum absolute atomic E-state index is 11.8. The zero-order chi connectivity index (χ0) is 11.7. The van der Waals surface area contributed by atoms with E-state index in [9.17, 15) is 9.59 Å². The number of hydrogen-bond donors (Lipinski definition) is 2. The van der Waals surface area contributed by atoms with Crippen molar-refractivity contribution in [3.05, 3.63) is 29.8 Å². The van der Waals surface area contributed by atoms with Gasteiger partial charge in [-0.15, -0.1) is 0 Å². The Labute approximate surface area is 92.5 Å². The number of carbonyl (C=O) groups excluding carboxylic acids is 1. The third-order valence-corrected chi connectivity index (χ3v) is 2.69. The summed E-state index contributed by atoms with van der Waals surface area (Å²) in [5.74, 6) is -1.85. The number of amides is 1. The first-order valence-corrected chi connectivity index (χ1v) is 4.99. The van der Waals surface area contributed by atoms with Crippen molar-refractivity contribution >= 4 is 17.6 Å². The predicted molar refractivity (Wildman–Crippen MR) is 58.1 cm³/mol. The van der Waals surface area contributed by atoms with Gasteiger partial charge in [0, 0.05) is 12.2 Å². The fourth-order valence-corrected chi connectivity index (χ4v) is 1.84. The van der Waals surface area contributed by atoms with E-state index >= 15 is 0 Å². The molecule has 0 spiro atoms. The van der Waals surface area contributed by atoms with E-state index in [1.807, 2.05) is 18.2 Å². The molecule has 0 bridgehead atoms. The molecule has 1 heterocycles. The maximum Gasteiger partial charge on any atom is 0.330 e. The molecule has 0 fully saturated rings. The molecule has 0 saturated carbocycles. The number of hydrogen-bond acceptors (Lipinski definition) is 3. The first-order chi connectivity index (χ1) is 7.61. The summed E-state index contributed by atoms with van der Waals surface area (Å²) in [5.41, 5.74) is 7.12. The van der Waals surface area contributed by atoms with Crippen molar-refractivity contribution in [2.75, 3.05) is 11.4 Å². The van der Waals surface area contributed by atoms with Crippen LogP contribution in [0.5, 0.6) is 0 Å². The van der Waals surface area contributed by atoms with E-state index in [1.54, 1.807) is 6.07 Å². The van der Waals surface area contributed by atoms with E-state index in [1.165, 1.54) is 4.90 Å². The average molecular weight is 220 g/mol. The van der Waals surface area contributed by atoms with Crippen LogP contribution in [0.1, 0.15) is 5.56 Å². The van der Waals surface area contributed by atoms with E-state index in [2.05, 4.69) is 0 Å². The Morgan fingerprint density at radius 3 is 2.75 bits per heavy atom. The Morgan fingerprint density at radius 2 is 2.06 bits per heavy atom. The van der Waals surface area contributed by atoms with Gasteiger partial charge in [-0.3, -0.25) is 4.79 Å². The number of aliphatic carboxylic acids is 1. The highest BCUT2D eigenvalue weighted by atomic mass is 16.4. The highest BCUT2D eigenvalue weighted by Crippen LogP contribution is 2.27. The van der Waals surface area contributed by atoms with Gasteiger partial charge in [-0.2, -0.15) is 0 Å². The van der Waals surface area contributed by atoms with Gasteiger partial charge in [0.05, 0.1) is 0 Å². The lowest BCUT2D eigenvalue weighted by Crippen LogP contribution is -2.47. The molecule has 1 unspecified atom stereocenters. The molecule has 5 nitrogen and oxygen atoms in total. The first kappa shape index (κ1) is 10.6. The van der Waals surface area contributed by atoms with Crippen molar-refractivity contribution in [1.29, 1.82) is 0 Å². The van der Waals surface area contributed by atoms with Gasteiger partial charge in [-0.05, 0) is 18.1 Å². The normalized spacial score (nSPS) is 15.7. The monoisotopic (exact) mass is 220 g/mol. The minimum atomic E-state index is -1.48. The molecular formula is C11H12N2O3. The number of anilines is 1. The third kappa shape index (κ3) is 1.65. The summed E-state index contributed by atoms with van der Waals surface area (Å²) in [4.78, 5) is 23.8. The van der Waals surface area contributed by atoms with Crippen molar-refractivity contribution in [2.24, 2.45) is 5.73 Å². The smallest absolute Gasteiger partial charge is 0.330 e. The number of para-hydroxylation sites is 1. The minimum Gasteiger partial charge on any atom is -0.480 e. The summed E-state index contributed by atoms with van der Waals surface area (Å²) in [5, 5.41) is 8.69. The van der Waals surface area contributed by atoms with Crippen LogP contribution in [0, 0.1) is 0 Å². The van der Waals surface area contributed by atoms with Crippen LogP contribution >= 0.6 is 0 Å². The minimum absolute atomic E-state index is 0.499. The summed E-state index contributed by atoms with van der Waals surface area (Å²) in [6.07, 6.45) is 0.744. The summed E-state index contributed by atoms with van der Waals surface area (Å²) < 4.78 is 0. The fraction of sp³-hybridized carbons (Fsp3) is 0.273. The van der Waals surface area contributed by atoms with E-state index in [-0.39, 0.29) is 0 Å². The molecule has 1 aromatic rings. The van der Waals surface area contributed by atoms with Gasteiger partial charge in [-0.1, -0.05) is 18.2 Å². The summed E-state index contributed by atoms with van der Waals surface area (Å²) >= 11 is 0. The van der Waals surface area contributed by atoms with Gasteiger partial charge in [0.15, 0.2) is 6.04 Å². The number of benzene rings is 1. The van der Waals surface area contributed by atoms with E-state index in [0.717, 1.165) is 17.7 Å². The number of carboxylic acids is 1. The summed E-state index contributed by atoms with van der Waals surface area (Å²) in [6.45, 7) is 0.499. The van der Waals surface area contributed by atoms with Crippen LogP contribution in [0.2, 0.25) is 0 Å². The quantitative estimate of drug-likeness (QED) is 0.686. The number of rotatable bonds is 2. The zero-order valence-corrected chi connectivity index (χ0v) is 8.59. The van der Waals surface area contributed by atoms with Gasteiger partial charge in [0.25, 0.3) is 5.91 Å². The van der Waals surface area contributed by atoms with Crippen LogP contribution in [0.25, 0.3) is 0 Å². The Bertz CT molecular complexity index is 445. The number of fused-ring (bicyclic) bond motifs is 1. The van der Waals surface area contributed by atoms with Crippen LogP contribution in [-0.4, -0.2) is 29.6 Å². The van der Waals surface area contributed by atoms with Crippen LogP contribution in [-0.2, 0) is 16.0 Å². The second-order valence-electron chi connectivity index (χ2n) is 3.68. The highest BCUT2D eigenvalue weighted by molar-refractivity contribution is 6.09. The van der Waals surface area contributed by atoms with E-state index in [0.29, 0.717) is 6.54 Å². The Morgan fingerprint density at radius 1 is 1.38 bits per heavy atom. The van der Waals surface area contributed by atoms with Gasteiger partial charge in [0.2, 0.25) is 0 Å². The molecule has 2 rings (SSSR count). The van der Waals surface area contributed by atoms with Crippen molar-refractivity contribution in [3.8, 4) is 0 Å². The fourth-order valence-electron chi connectivity index (χ4n) is 1.84. The lowest BCUT2D eigenvalue weighted by atomic mass is 10.2. The second kappa shape index (κ2) is 3.94. The molecule has 1 aliphatic heterocycles. The van der Waals surface area contributed by atoms with Gasteiger partial charge < -0.3 is 15.7 Å². The van der Waals surface area contributed by atoms with Crippen molar-refractivity contribution in [2.45, 2.75) is 12.5 Å². The molecule has 0 aliphatic carbocycles. The van der Waals surface area contributed by atoms with Crippen molar-refractivity contribution in [1.82, 2.24) is 0 Å². The molecular weight excluding hydrogens is 208 g/mol. The molecule has 0 saturated heterocycles. The molecule has 0 radical (unpaired) electrons. The van der Waals surface area contributed by atoms with Crippen LogP contribution in [0.3, 0.4) is 0 Å². The number of nitrogens with two attached hydrogens (primary N) is 1. The maximum atomic E-state index is 11.8. The molecule has 1 aliphatic rings. The van der Waals surface area contributed by atoms with Crippen LogP contribution in [0.4, 0.5) is 5.69 Å². The Balaban J connectivity index is 2.25. The molecule has 1 aromatic carbocycles. The van der Waals surface area contributed by atoms with Gasteiger partial charge >= 0.3 is 5.97 Å². The Hall–Kier alpha value is -1.88. The molecule has 0 aromatic heterocycles. The molecule has 84 valence electrons. The largest absolute Gasteiger partial charge is 0.480 e. The topological polar surface area (TPSA) is 83.6 Å². The lowest BCUT2D eigenvalue weighted by Gasteiger charge is -2.19. The van der Waals surface area contributed by atoms with Gasteiger partial charge in [0.1, 0.15) is 0 Å². The second-order valence-corrected chi connectivity index (χ2v) is 3.68. The standard InChI is InChI=1S/C11H12N2O3/c12-9(11(15)16)10(14)13-6-5-7-3-1-2-4-8(7)13/h1-4,9H,5-6,12H2,(H,15,16). The van der Waals surface area contributed by atoms with Crippen molar-refractivity contribution < 1.29 is 14.7 Å². The number of nitrogens with zero attached hydrogens (tertiary/aromatic N) is 1. The van der Waals surface area contributed by atoms with Crippen LogP contribution < -0.4 is 10.6 Å². The van der Waals surface area contributed by atoms with Crippen molar-refractivity contribution in [3.63, 3.8) is 0 Å². The molecule has 3 N–H and O–H groups in total. The lowest BCUT2D eigenvalue weighted by molar-refractivity contribution is -0.142. The molecule has 5 heteroatoms. The number of carboxylic acid groups (broad SMARTS) is 1. The zero-order valence-electron chi connectivity index (χ0n) is 8.59. The highest BCUT2D eigenvalue weighted by Gasteiger charge is 2.31. The van der Waals surface area contributed by atoms with Crippen LogP contribution in [0.15, 0.2) is 24.3 Å². The summed E-state index contributed by atoms with van der Waals surface area (Å²) in [6, 6.07) is 5.95. The summed E-state index contributed by atoms with van der Waals surface area (Å²) in [7, 11) is 0. The van der Waals surface area contributed by atoms with E-state index < -0.39 is 17.9 Å². The molecule has 16 heavy (non-hydrogen) atoms. The SMILES string of the molecule is NC(C(=O)O)C(=O)N1CCc2ccccc21. The third-order valence-electron chi connectivity index (χ3n) is 2.69. The number of carbonyl (C=O) groups is 2. The average Bonchev–Trinajstić information content (AvgIpc) is 2.70. The Kier molecular flexibility index (Phi) is 2.62. The molecule has 1 atom stereocenters. The van der Waals surface area contributed by atoms with E-state index in [4.69, 9.17) is 10.8 Å².